The summed E-state index contributed by atoms with van der Waals surface area (Å²) in [5, 5.41) is 6.25. The molecule has 1 unspecified atom stereocenters. The quantitative estimate of drug-likeness (QED) is 0.462. The lowest BCUT2D eigenvalue weighted by Crippen LogP contribution is -2.32. The van der Waals surface area contributed by atoms with Crippen molar-refractivity contribution in [2.24, 2.45) is 5.92 Å². The second kappa shape index (κ2) is 10.2. The third kappa shape index (κ3) is 5.07. The van der Waals surface area contributed by atoms with Crippen LogP contribution in [0.25, 0.3) is 22.0 Å². The van der Waals surface area contributed by atoms with Crippen LogP contribution in [0.2, 0.25) is 0 Å². The Kier molecular flexibility index (Phi) is 6.93. The molecule has 2 fully saturated rings. The van der Waals surface area contributed by atoms with Crippen LogP contribution in [-0.4, -0.2) is 34.7 Å². The van der Waals surface area contributed by atoms with Gasteiger partial charge in [-0.3, -0.25) is 4.79 Å². The van der Waals surface area contributed by atoms with E-state index in [4.69, 9.17) is 9.72 Å². The van der Waals surface area contributed by atoms with Crippen molar-refractivity contribution in [1.82, 2.24) is 14.9 Å². The Hall–Kier alpha value is -2.44. The van der Waals surface area contributed by atoms with Crippen LogP contribution in [0.5, 0.6) is 0 Å². The van der Waals surface area contributed by atoms with E-state index in [1.807, 2.05) is 24.3 Å². The Bertz CT molecular complexity index is 1080. The molecule has 1 N–H and O–H groups in total. The zero-order valence-electron chi connectivity index (χ0n) is 19.4. The van der Waals surface area contributed by atoms with E-state index in [0.29, 0.717) is 12.5 Å². The molecule has 2 aliphatic rings. The molecule has 5 rings (SSSR count). The maximum absolute atomic E-state index is 13.1. The molecule has 3 heterocycles. The minimum Gasteiger partial charge on any atom is -0.376 e. The van der Waals surface area contributed by atoms with E-state index in [0.717, 1.165) is 59.2 Å². The molecule has 33 heavy (non-hydrogen) atoms. The van der Waals surface area contributed by atoms with Crippen LogP contribution in [0, 0.1) is 12.8 Å². The summed E-state index contributed by atoms with van der Waals surface area (Å²) < 4.78 is 8.03. The number of aromatic nitrogens is 2. The summed E-state index contributed by atoms with van der Waals surface area (Å²) in [6.07, 6.45) is 8.74. The van der Waals surface area contributed by atoms with Gasteiger partial charge in [0.05, 0.1) is 23.1 Å². The normalized spacial score (nSPS) is 19.1. The van der Waals surface area contributed by atoms with Gasteiger partial charge in [0.1, 0.15) is 5.01 Å². The van der Waals surface area contributed by atoms with Crippen LogP contribution in [0.4, 0.5) is 0 Å². The first-order valence-corrected chi connectivity index (χ1v) is 13.2. The predicted octanol–water partition coefficient (Wildman–Crippen LogP) is 6.08. The van der Waals surface area contributed by atoms with Gasteiger partial charge in [0.15, 0.2) is 0 Å². The van der Waals surface area contributed by atoms with Gasteiger partial charge in [-0.1, -0.05) is 49.6 Å². The van der Waals surface area contributed by atoms with Crippen molar-refractivity contribution < 1.29 is 9.53 Å². The van der Waals surface area contributed by atoms with E-state index in [1.54, 1.807) is 11.3 Å². The second-order valence-electron chi connectivity index (χ2n) is 9.39. The zero-order chi connectivity index (χ0) is 22.6. The number of benzene rings is 1. The molecule has 1 amide bonds. The molecule has 5 nitrogen and oxygen atoms in total. The molecule has 1 saturated carbocycles. The molecule has 1 aromatic carbocycles. The van der Waals surface area contributed by atoms with Gasteiger partial charge in [-0.05, 0) is 44.6 Å². The van der Waals surface area contributed by atoms with Gasteiger partial charge in [0.25, 0.3) is 5.91 Å². The average molecular weight is 464 g/mol. The van der Waals surface area contributed by atoms with E-state index < -0.39 is 0 Å². The summed E-state index contributed by atoms with van der Waals surface area (Å²) in [5.41, 5.74) is 4.93. The lowest BCUT2D eigenvalue weighted by molar-refractivity contribution is 0.0857. The van der Waals surface area contributed by atoms with Crippen LogP contribution in [0.15, 0.2) is 41.8 Å². The number of nitrogens with one attached hydrogen (secondary N) is 1. The molecule has 174 valence electrons. The van der Waals surface area contributed by atoms with Crippen LogP contribution < -0.4 is 5.32 Å². The molecule has 2 aromatic heterocycles. The molecule has 0 spiro atoms. The summed E-state index contributed by atoms with van der Waals surface area (Å²) in [6, 6.07) is 12.4. The molecule has 6 heteroatoms. The summed E-state index contributed by atoms with van der Waals surface area (Å²) in [6.45, 7) is 4.42. The zero-order valence-corrected chi connectivity index (χ0v) is 20.2. The van der Waals surface area contributed by atoms with E-state index in [-0.39, 0.29) is 12.0 Å². The fraction of sp³-hybridized carbons (Fsp3) is 0.481. The smallest absolute Gasteiger partial charge is 0.253 e. The summed E-state index contributed by atoms with van der Waals surface area (Å²) >= 11 is 1.66. The molecular weight excluding hydrogens is 430 g/mol. The Balaban J connectivity index is 1.44. The fourth-order valence-corrected chi connectivity index (χ4v) is 5.98. The molecule has 3 aromatic rings. The number of nitrogens with zero attached hydrogens (tertiary/aromatic N) is 2. The van der Waals surface area contributed by atoms with E-state index in [9.17, 15) is 4.79 Å². The number of amides is 1. The average Bonchev–Trinajstić information content (AvgIpc) is 3.61. The Morgan fingerprint density at radius 2 is 1.97 bits per heavy atom. The van der Waals surface area contributed by atoms with Gasteiger partial charge in [-0.2, -0.15) is 0 Å². The SMILES string of the molecule is Cc1c(C(=O)NCC2CCCO2)cc(-c2csc(-c3ccccc3)n2)n1CC1CCCCC1. The summed E-state index contributed by atoms with van der Waals surface area (Å²) in [4.78, 5) is 18.1. The highest BCUT2D eigenvalue weighted by atomic mass is 32.1. The first-order valence-electron chi connectivity index (χ1n) is 12.3. The van der Waals surface area contributed by atoms with E-state index in [1.165, 1.54) is 32.1 Å². The standard InChI is InChI=1S/C27H33N3O2S/c1-19-23(26(31)28-16-22-13-8-14-32-22)15-25(30(19)17-20-9-4-2-5-10-20)24-18-33-27(29-24)21-11-6-3-7-12-21/h3,6-7,11-12,15,18,20,22H,2,4-5,8-10,13-14,16-17H2,1H3,(H,28,31). The molecule has 1 aliphatic carbocycles. The Morgan fingerprint density at radius 1 is 1.15 bits per heavy atom. The van der Waals surface area contributed by atoms with Crippen LogP contribution in [0.3, 0.4) is 0 Å². The first-order chi connectivity index (χ1) is 16.2. The number of hydrogen-bond donors (Lipinski definition) is 1. The highest BCUT2D eigenvalue weighted by Crippen LogP contribution is 2.34. The number of thiazole rings is 1. The van der Waals surface area contributed by atoms with Gasteiger partial charge in [-0.25, -0.2) is 4.98 Å². The number of carbonyl (C=O) groups is 1. The maximum Gasteiger partial charge on any atom is 0.253 e. The monoisotopic (exact) mass is 463 g/mol. The van der Waals surface area contributed by atoms with Gasteiger partial charge in [0.2, 0.25) is 0 Å². The molecule has 1 atom stereocenters. The second-order valence-corrected chi connectivity index (χ2v) is 10.3. The number of carbonyl (C=O) groups excluding carboxylic acids is 1. The Morgan fingerprint density at radius 3 is 2.73 bits per heavy atom. The maximum atomic E-state index is 13.1. The lowest BCUT2D eigenvalue weighted by atomic mass is 9.89. The van der Waals surface area contributed by atoms with Gasteiger partial charge < -0.3 is 14.6 Å². The molecular formula is C27H33N3O2S. The van der Waals surface area contributed by atoms with Crippen molar-refractivity contribution in [3.05, 3.63) is 53.0 Å². The third-order valence-corrected chi connectivity index (χ3v) is 7.97. The number of ether oxygens (including phenoxy) is 1. The largest absolute Gasteiger partial charge is 0.376 e. The number of rotatable bonds is 7. The van der Waals surface area contributed by atoms with Crippen molar-refractivity contribution >= 4 is 17.2 Å². The van der Waals surface area contributed by atoms with Crippen molar-refractivity contribution in [3.8, 4) is 22.0 Å². The van der Waals surface area contributed by atoms with Crippen LogP contribution in [0.1, 0.15) is 61.0 Å². The number of hydrogen-bond acceptors (Lipinski definition) is 4. The van der Waals surface area contributed by atoms with Crippen molar-refractivity contribution in [3.63, 3.8) is 0 Å². The van der Waals surface area contributed by atoms with Crippen molar-refractivity contribution in [2.75, 3.05) is 13.2 Å². The molecule has 0 bridgehead atoms. The summed E-state index contributed by atoms with van der Waals surface area (Å²) in [5.74, 6) is 0.656. The fourth-order valence-electron chi connectivity index (χ4n) is 5.16. The highest BCUT2D eigenvalue weighted by Gasteiger charge is 2.24. The summed E-state index contributed by atoms with van der Waals surface area (Å²) in [7, 11) is 0. The van der Waals surface area contributed by atoms with Gasteiger partial charge >= 0.3 is 0 Å². The van der Waals surface area contributed by atoms with Crippen LogP contribution >= 0.6 is 11.3 Å². The Labute approximate surface area is 200 Å². The van der Waals surface area contributed by atoms with Crippen molar-refractivity contribution in [1.29, 1.82) is 0 Å². The molecule has 1 aliphatic heterocycles. The van der Waals surface area contributed by atoms with E-state index in [2.05, 4.69) is 34.3 Å². The minimum absolute atomic E-state index is 0.00911. The predicted molar refractivity (Wildman–Crippen MR) is 134 cm³/mol. The highest BCUT2D eigenvalue weighted by molar-refractivity contribution is 7.13. The molecule has 0 radical (unpaired) electrons. The van der Waals surface area contributed by atoms with Crippen LogP contribution in [-0.2, 0) is 11.3 Å². The lowest BCUT2D eigenvalue weighted by Gasteiger charge is -2.24. The van der Waals surface area contributed by atoms with Gasteiger partial charge in [-0.15, -0.1) is 11.3 Å². The van der Waals surface area contributed by atoms with Gasteiger partial charge in [0, 0.05) is 36.3 Å². The first kappa shape index (κ1) is 22.4. The molecule has 1 saturated heterocycles. The third-order valence-electron chi connectivity index (χ3n) is 7.08. The van der Waals surface area contributed by atoms with E-state index >= 15 is 0 Å². The minimum atomic E-state index is -0.00911. The van der Waals surface area contributed by atoms with Crippen molar-refractivity contribution in [2.45, 2.75) is 64.5 Å². The topological polar surface area (TPSA) is 56.1 Å².